The molecule has 0 saturated heterocycles. The molecule has 90 valence electrons. The molecule has 0 atom stereocenters. The third kappa shape index (κ3) is 4.80. The Hall–Kier alpha value is -0.820. The molecule has 1 nitrogen and oxygen atoms in total. The molecule has 0 bridgehead atoms. The second-order valence-electron chi connectivity index (χ2n) is 4.40. The first-order valence-corrected chi connectivity index (χ1v) is 6.66. The minimum Gasteiger partial charge on any atom is -0.312 e. The first kappa shape index (κ1) is 13.2. The molecule has 1 aliphatic heterocycles. The van der Waals surface area contributed by atoms with E-state index < -0.39 is 0 Å². The molecule has 0 fully saturated rings. The Bertz CT molecular complexity index is 252. The number of hydrogen-bond donors (Lipinski definition) is 1. The van der Waals surface area contributed by atoms with Gasteiger partial charge in [-0.2, -0.15) is 0 Å². The Morgan fingerprint density at radius 3 is 2.19 bits per heavy atom. The van der Waals surface area contributed by atoms with E-state index in [0.29, 0.717) is 0 Å². The lowest BCUT2D eigenvalue weighted by atomic mass is 10.0. The zero-order valence-electron chi connectivity index (χ0n) is 10.8. The van der Waals surface area contributed by atoms with Crippen molar-refractivity contribution in [3.05, 3.63) is 35.4 Å². The second kappa shape index (κ2) is 8.35. The number of benzene rings is 1. The number of rotatable bonds is 3. The van der Waals surface area contributed by atoms with Crippen molar-refractivity contribution in [1.82, 2.24) is 5.32 Å². The third-order valence-electron chi connectivity index (χ3n) is 2.96. The van der Waals surface area contributed by atoms with Crippen LogP contribution in [0.15, 0.2) is 24.3 Å². The van der Waals surface area contributed by atoms with Crippen molar-refractivity contribution >= 4 is 0 Å². The summed E-state index contributed by atoms with van der Waals surface area (Å²) in [5, 5.41) is 3.34. The SMILES string of the molecule is CCCCCC.c1ccc2c(c1)CCNC2. The molecule has 2 rings (SSSR count). The highest BCUT2D eigenvalue weighted by molar-refractivity contribution is 5.28. The summed E-state index contributed by atoms with van der Waals surface area (Å²) in [7, 11) is 0. The van der Waals surface area contributed by atoms with Gasteiger partial charge in [0.1, 0.15) is 0 Å². The van der Waals surface area contributed by atoms with Crippen LogP contribution >= 0.6 is 0 Å². The minimum absolute atomic E-state index is 1.05. The molecule has 1 aliphatic rings. The quantitative estimate of drug-likeness (QED) is 0.760. The van der Waals surface area contributed by atoms with Crippen LogP contribution in [0, 0.1) is 0 Å². The highest BCUT2D eigenvalue weighted by Crippen LogP contribution is 2.11. The number of unbranched alkanes of at least 4 members (excludes halogenated alkanes) is 3. The lowest BCUT2D eigenvalue weighted by Gasteiger charge is -2.15. The van der Waals surface area contributed by atoms with Gasteiger partial charge in [0.05, 0.1) is 0 Å². The summed E-state index contributed by atoms with van der Waals surface area (Å²) >= 11 is 0. The van der Waals surface area contributed by atoms with Gasteiger partial charge in [0, 0.05) is 6.54 Å². The molecule has 0 amide bonds. The Morgan fingerprint density at radius 1 is 1.00 bits per heavy atom. The van der Waals surface area contributed by atoms with Crippen LogP contribution in [0.5, 0.6) is 0 Å². The fourth-order valence-corrected chi connectivity index (χ4v) is 1.92. The lowest BCUT2D eigenvalue weighted by Crippen LogP contribution is -2.23. The normalized spacial score (nSPS) is 13.6. The third-order valence-corrected chi connectivity index (χ3v) is 2.96. The van der Waals surface area contributed by atoms with E-state index in [2.05, 4.69) is 43.4 Å². The molecule has 1 heterocycles. The molecular weight excluding hydrogens is 194 g/mol. The van der Waals surface area contributed by atoms with Crippen LogP contribution in [-0.4, -0.2) is 6.54 Å². The summed E-state index contributed by atoms with van der Waals surface area (Å²) in [6.45, 7) is 6.65. The lowest BCUT2D eigenvalue weighted by molar-refractivity contribution is 0.644. The van der Waals surface area contributed by atoms with Crippen LogP contribution in [0.3, 0.4) is 0 Å². The van der Waals surface area contributed by atoms with Crippen molar-refractivity contribution in [1.29, 1.82) is 0 Å². The summed E-state index contributed by atoms with van der Waals surface area (Å²) in [5.74, 6) is 0. The maximum absolute atomic E-state index is 3.34. The van der Waals surface area contributed by atoms with E-state index in [4.69, 9.17) is 0 Å². The molecule has 0 saturated carbocycles. The Kier molecular flexibility index (Phi) is 6.91. The monoisotopic (exact) mass is 219 g/mol. The van der Waals surface area contributed by atoms with E-state index in [1.54, 1.807) is 0 Å². The molecule has 0 radical (unpaired) electrons. The maximum Gasteiger partial charge on any atom is 0.0208 e. The van der Waals surface area contributed by atoms with E-state index >= 15 is 0 Å². The summed E-state index contributed by atoms with van der Waals surface area (Å²) in [6.07, 6.45) is 6.73. The molecule has 1 heteroatoms. The number of fused-ring (bicyclic) bond motifs is 1. The molecular formula is C15H25N. The molecule has 0 aromatic heterocycles. The fourth-order valence-electron chi connectivity index (χ4n) is 1.92. The van der Waals surface area contributed by atoms with Crippen molar-refractivity contribution in [3.63, 3.8) is 0 Å². The average molecular weight is 219 g/mol. The summed E-state index contributed by atoms with van der Waals surface area (Å²) in [6, 6.07) is 8.63. The van der Waals surface area contributed by atoms with Crippen LogP contribution in [0.1, 0.15) is 50.7 Å². The molecule has 1 N–H and O–H groups in total. The average Bonchev–Trinajstić information content (AvgIpc) is 2.37. The van der Waals surface area contributed by atoms with Crippen molar-refractivity contribution in [2.45, 2.75) is 52.5 Å². The molecule has 16 heavy (non-hydrogen) atoms. The standard InChI is InChI=1S/C9H11N.C6H14/c1-2-4-9-7-10-6-5-8(9)3-1;1-3-5-6-4-2/h1-4,10H,5-7H2;3-6H2,1-2H3. The van der Waals surface area contributed by atoms with E-state index in [0.717, 1.165) is 13.1 Å². The van der Waals surface area contributed by atoms with Crippen molar-refractivity contribution in [2.75, 3.05) is 6.54 Å². The van der Waals surface area contributed by atoms with Gasteiger partial charge in [-0.1, -0.05) is 63.8 Å². The van der Waals surface area contributed by atoms with Gasteiger partial charge in [-0.15, -0.1) is 0 Å². The van der Waals surface area contributed by atoms with E-state index in [-0.39, 0.29) is 0 Å². The van der Waals surface area contributed by atoms with Gasteiger partial charge < -0.3 is 5.32 Å². The largest absolute Gasteiger partial charge is 0.312 e. The van der Waals surface area contributed by atoms with Crippen LogP contribution in [-0.2, 0) is 13.0 Å². The van der Waals surface area contributed by atoms with Crippen molar-refractivity contribution in [2.24, 2.45) is 0 Å². The zero-order chi connectivity index (χ0) is 11.6. The highest BCUT2D eigenvalue weighted by atomic mass is 14.9. The van der Waals surface area contributed by atoms with E-state index in [1.807, 2.05) is 0 Å². The smallest absolute Gasteiger partial charge is 0.0208 e. The van der Waals surface area contributed by atoms with Crippen LogP contribution in [0.25, 0.3) is 0 Å². The fraction of sp³-hybridized carbons (Fsp3) is 0.600. The van der Waals surface area contributed by atoms with Gasteiger partial charge in [0.15, 0.2) is 0 Å². The predicted molar refractivity (Wildman–Crippen MR) is 71.7 cm³/mol. The van der Waals surface area contributed by atoms with E-state index in [1.165, 1.54) is 43.2 Å². The summed E-state index contributed by atoms with van der Waals surface area (Å²) < 4.78 is 0. The van der Waals surface area contributed by atoms with Crippen molar-refractivity contribution < 1.29 is 0 Å². The van der Waals surface area contributed by atoms with E-state index in [9.17, 15) is 0 Å². The minimum atomic E-state index is 1.05. The van der Waals surface area contributed by atoms with Crippen LogP contribution < -0.4 is 5.32 Å². The zero-order valence-corrected chi connectivity index (χ0v) is 10.8. The first-order valence-electron chi connectivity index (χ1n) is 6.66. The van der Waals surface area contributed by atoms with Gasteiger partial charge in [0.25, 0.3) is 0 Å². The molecule has 0 aliphatic carbocycles. The molecule has 0 spiro atoms. The van der Waals surface area contributed by atoms with Gasteiger partial charge in [-0.3, -0.25) is 0 Å². The summed E-state index contributed by atoms with van der Waals surface area (Å²) in [4.78, 5) is 0. The van der Waals surface area contributed by atoms with Crippen LogP contribution in [0.2, 0.25) is 0 Å². The Morgan fingerprint density at radius 2 is 1.62 bits per heavy atom. The highest BCUT2D eigenvalue weighted by Gasteiger charge is 2.05. The summed E-state index contributed by atoms with van der Waals surface area (Å²) in [5.41, 5.74) is 2.98. The van der Waals surface area contributed by atoms with Gasteiger partial charge in [-0.05, 0) is 24.1 Å². The van der Waals surface area contributed by atoms with Gasteiger partial charge in [-0.25, -0.2) is 0 Å². The molecule has 1 aromatic carbocycles. The molecule has 1 aromatic rings. The predicted octanol–water partition coefficient (Wildman–Crippen LogP) is 3.92. The Labute approximate surface area is 100 Å². The first-order chi connectivity index (χ1) is 7.88. The number of hydrogen-bond acceptors (Lipinski definition) is 1. The van der Waals surface area contributed by atoms with Crippen LogP contribution in [0.4, 0.5) is 0 Å². The van der Waals surface area contributed by atoms with Gasteiger partial charge >= 0.3 is 0 Å². The van der Waals surface area contributed by atoms with Crippen molar-refractivity contribution in [3.8, 4) is 0 Å². The maximum atomic E-state index is 3.34. The van der Waals surface area contributed by atoms with Gasteiger partial charge in [0.2, 0.25) is 0 Å². The topological polar surface area (TPSA) is 12.0 Å². The number of nitrogens with one attached hydrogen (secondary N) is 1. The Balaban J connectivity index is 0.000000187. The molecule has 0 unspecified atom stereocenters. The second-order valence-corrected chi connectivity index (χ2v) is 4.40.